The number of hydrogen-bond donors (Lipinski definition) is 0. The van der Waals surface area contributed by atoms with Gasteiger partial charge in [-0.3, -0.25) is 4.79 Å². The predicted octanol–water partition coefficient (Wildman–Crippen LogP) is 2.44. The standard InChI is InChI=1S/C15H17N3O3S/c1-10(2)18(12-7-5-4-6-8-12)13(19)9-21-15(20)14-11(3)16-17-22-14/h4-8,10H,9H2,1-3H3. The lowest BCUT2D eigenvalue weighted by molar-refractivity contribution is -0.122. The number of hydrogen-bond acceptors (Lipinski definition) is 6. The van der Waals surface area contributed by atoms with Crippen molar-refractivity contribution in [3.05, 3.63) is 40.9 Å². The van der Waals surface area contributed by atoms with Crippen LogP contribution in [-0.4, -0.2) is 34.1 Å². The summed E-state index contributed by atoms with van der Waals surface area (Å²) in [6.07, 6.45) is 0. The van der Waals surface area contributed by atoms with Gasteiger partial charge in [0.1, 0.15) is 0 Å². The van der Waals surface area contributed by atoms with E-state index in [1.807, 2.05) is 44.2 Å². The Morgan fingerprint density at radius 2 is 1.95 bits per heavy atom. The number of aromatic nitrogens is 2. The molecule has 1 aromatic heterocycles. The molecule has 0 aliphatic rings. The first-order valence-corrected chi connectivity index (χ1v) is 7.61. The number of nitrogens with zero attached hydrogens (tertiary/aromatic N) is 3. The van der Waals surface area contributed by atoms with Crippen molar-refractivity contribution >= 4 is 29.1 Å². The van der Waals surface area contributed by atoms with Crippen molar-refractivity contribution in [3.63, 3.8) is 0 Å². The zero-order valence-electron chi connectivity index (χ0n) is 12.6. The van der Waals surface area contributed by atoms with Crippen LogP contribution in [0.15, 0.2) is 30.3 Å². The number of ether oxygens (including phenoxy) is 1. The molecule has 116 valence electrons. The first-order valence-electron chi connectivity index (χ1n) is 6.84. The van der Waals surface area contributed by atoms with E-state index in [0.29, 0.717) is 10.6 Å². The third-order valence-corrected chi connectivity index (χ3v) is 3.79. The van der Waals surface area contributed by atoms with Gasteiger partial charge in [-0.1, -0.05) is 22.7 Å². The summed E-state index contributed by atoms with van der Waals surface area (Å²) in [5.41, 5.74) is 1.28. The maximum Gasteiger partial charge on any atom is 0.352 e. The Bertz CT molecular complexity index is 655. The van der Waals surface area contributed by atoms with Crippen molar-refractivity contribution in [2.24, 2.45) is 0 Å². The lowest BCUT2D eigenvalue weighted by Gasteiger charge is -2.26. The first-order chi connectivity index (χ1) is 10.5. The minimum Gasteiger partial charge on any atom is -0.451 e. The fourth-order valence-corrected chi connectivity index (χ4v) is 2.55. The number of rotatable bonds is 5. The molecule has 0 fully saturated rings. The van der Waals surface area contributed by atoms with Crippen molar-refractivity contribution in [1.29, 1.82) is 0 Å². The van der Waals surface area contributed by atoms with Gasteiger partial charge in [-0.2, -0.15) is 0 Å². The Morgan fingerprint density at radius 3 is 2.50 bits per heavy atom. The van der Waals surface area contributed by atoms with E-state index >= 15 is 0 Å². The van der Waals surface area contributed by atoms with Crippen molar-refractivity contribution in [2.75, 3.05) is 11.5 Å². The second-order valence-corrected chi connectivity index (χ2v) is 5.71. The van der Waals surface area contributed by atoms with Gasteiger partial charge >= 0.3 is 5.97 Å². The normalized spacial score (nSPS) is 10.5. The van der Waals surface area contributed by atoms with Gasteiger partial charge in [-0.25, -0.2) is 4.79 Å². The molecule has 6 nitrogen and oxygen atoms in total. The molecule has 2 rings (SSSR count). The molecule has 0 radical (unpaired) electrons. The van der Waals surface area contributed by atoms with Crippen LogP contribution in [0.5, 0.6) is 0 Å². The zero-order chi connectivity index (χ0) is 16.1. The molecule has 0 N–H and O–H groups in total. The highest BCUT2D eigenvalue weighted by atomic mass is 32.1. The molecule has 1 aromatic carbocycles. The van der Waals surface area contributed by atoms with E-state index in [-0.39, 0.29) is 18.6 Å². The fourth-order valence-electron chi connectivity index (χ4n) is 2.00. The molecule has 0 unspecified atom stereocenters. The second kappa shape index (κ2) is 7.13. The summed E-state index contributed by atoms with van der Waals surface area (Å²) in [4.78, 5) is 26.2. The van der Waals surface area contributed by atoms with Gasteiger partial charge in [0.2, 0.25) is 0 Å². The van der Waals surface area contributed by atoms with E-state index in [2.05, 4.69) is 9.59 Å². The SMILES string of the molecule is Cc1nnsc1C(=O)OCC(=O)N(c1ccccc1)C(C)C. The van der Waals surface area contributed by atoms with Crippen LogP contribution in [0.3, 0.4) is 0 Å². The van der Waals surface area contributed by atoms with Crippen molar-refractivity contribution < 1.29 is 14.3 Å². The molecule has 22 heavy (non-hydrogen) atoms. The van der Waals surface area contributed by atoms with Crippen molar-refractivity contribution in [3.8, 4) is 0 Å². The maximum atomic E-state index is 12.4. The highest BCUT2D eigenvalue weighted by molar-refractivity contribution is 7.07. The van der Waals surface area contributed by atoms with E-state index in [9.17, 15) is 9.59 Å². The number of amides is 1. The van der Waals surface area contributed by atoms with Gasteiger partial charge in [-0.05, 0) is 44.4 Å². The van der Waals surface area contributed by atoms with Crippen LogP contribution in [0.1, 0.15) is 29.2 Å². The third-order valence-electron chi connectivity index (χ3n) is 2.98. The van der Waals surface area contributed by atoms with Gasteiger partial charge in [-0.15, -0.1) is 5.10 Å². The molecule has 0 aliphatic carbocycles. The topological polar surface area (TPSA) is 72.4 Å². The van der Waals surface area contributed by atoms with Crippen LogP contribution in [-0.2, 0) is 9.53 Å². The van der Waals surface area contributed by atoms with Crippen LogP contribution >= 0.6 is 11.5 Å². The molecule has 0 saturated heterocycles. The van der Waals surface area contributed by atoms with Crippen LogP contribution in [0.2, 0.25) is 0 Å². The molecule has 0 spiro atoms. The molecular formula is C15H17N3O3S. The summed E-state index contributed by atoms with van der Waals surface area (Å²) >= 11 is 0.960. The highest BCUT2D eigenvalue weighted by Gasteiger charge is 2.22. The molecule has 0 atom stereocenters. The van der Waals surface area contributed by atoms with E-state index < -0.39 is 5.97 Å². The maximum absolute atomic E-state index is 12.4. The Kier molecular flexibility index (Phi) is 5.21. The summed E-state index contributed by atoms with van der Waals surface area (Å²) in [7, 11) is 0. The summed E-state index contributed by atoms with van der Waals surface area (Å²) < 4.78 is 8.76. The third kappa shape index (κ3) is 3.67. The second-order valence-electron chi connectivity index (χ2n) is 4.96. The Hall–Kier alpha value is -2.28. The zero-order valence-corrected chi connectivity index (χ0v) is 13.5. The summed E-state index contributed by atoms with van der Waals surface area (Å²) in [6.45, 7) is 5.17. The Labute approximate surface area is 132 Å². The smallest absolute Gasteiger partial charge is 0.352 e. The molecule has 0 saturated carbocycles. The molecular weight excluding hydrogens is 302 g/mol. The molecule has 0 bridgehead atoms. The largest absolute Gasteiger partial charge is 0.451 e. The fraction of sp³-hybridized carbons (Fsp3) is 0.333. The minimum atomic E-state index is -0.572. The molecule has 0 aliphatic heterocycles. The number of carbonyl (C=O) groups is 2. The average Bonchev–Trinajstić information content (AvgIpc) is 2.92. The van der Waals surface area contributed by atoms with Crippen LogP contribution in [0, 0.1) is 6.92 Å². The van der Waals surface area contributed by atoms with E-state index in [4.69, 9.17) is 4.74 Å². The van der Waals surface area contributed by atoms with Crippen LogP contribution in [0.25, 0.3) is 0 Å². The van der Waals surface area contributed by atoms with Crippen molar-refractivity contribution in [2.45, 2.75) is 26.8 Å². The number of aryl methyl sites for hydroxylation is 1. The lowest BCUT2D eigenvalue weighted by atomic mass is 10.2. The number of esters is 1. The summed E-state index contributed by atoms with van der Waals surface area (Å²) in [5.74, 6) is -0.845. The number of para-hydroxylation sites is 1. The van der Waals surface area contributed by atoms with E-state index in [0.717, 1.165) is 17.2 Å². The van der Waals surface area contributed by atoms with E-state index in [1.54, 1.807) is 11.8 Å². The quantitative estimate of drug-likeness (QED) is 0.792. The van der Waals surface area contributed by atoms with Gasteiger partial charge in [0, 0.05) is 11.7 Å². The predicted molar refractivity (Wildman–Crippen MR) is 84.0 cm³/mol. The van der Waals surface area contributed by atoms with Gasteiger partial charge in [0.15, 0.2) is 11.5 Å². The number of carbonyl (C=O) groups excluding carboxylic acids is 2. The molecule has 2 aromatic rings. The molecule has 1 heterocycles. The number of anilines is 1. The molecule has 7 heteroatoms. The van der Waals surface area contributed by atoms with E-state index in [1.165, 1.54) is 0 Å². The molecule has 1 amide bonds. The first kappa shape index (κ1) is 16.1. The van der Waals surface area contributed by atoms with Gasteiger partial charge in [0.25, 0.3) is 5.91 Å². The van der Waals surface area contributed by atoms with Gasteiger partial charge in [0.05, 0.1) is 5.69 Å². The Balaban J connectivity index is 2.04. The minimum absolute atomic E-state index is 0.0413. The monoisotopic (exact) mass is 319 g/mol. The summed E-state index contributed by atoms with van der Waals surface area (Å²) in [6, 6.07) is 9.24. The lowest BCUT2D eigenvalue weighted by Crippen LogP contribution is -2.39. The highest BCUT2D eigenvalue weighted by Crippen LogP contribution is 2.17. The summed E-state index contributed by atoms with van der Waals surface area (Å²) in [5, 5.41) is 3.75. The van der Waals surface area contributed by atoms with Gasteiger partial charge < -0.3 is 9.64 Å². The Morgan fingerprint density at radius 1 is 1.27 bits per heavy atom. The van der Waals surface area contributed by atoms with Crippen molar-refractivity contribution in [1.82, 2.24) is 9.59 Å². The van der Waals surface area contributed by atoms with Crippen LogP contribution in [0.4, 0.5) is 5.69 Å². The number of benzene rings is 1. The average molecular weight is 319 g/mol. The van der Waals surface area contributed by atoms with Crippen LogP contribution < -0.4 is 4.90 Å².